The van der Waals surface area contributed by atoms with E-state index in [0.717, 1.165) is 24.7 Å². The fourth-order valence-corrected chi connectivity index (χ4v) is 3.52. The van der Waals surface area contributed by atoms with Crippen LogP contribution < -0.4 is 5.32 Å². The first kappa shape index (κ1) is 15.8. The average Bonchev–Trinajstić information content (AvgIpc) is 2.96. The third kappa shape index (κ3) is 3.35. The zero-order valence-corrected chi connectivity index (χ0v) is 13.6. The van der Waals surface area contributed by atoms with E-state index in [-0.39, 0.29) is 12.4 Å². The second-order valence-electron chi connectivity index (χ2n) is 6.56. The highest BCUT2D eigenvalue weighted by Crippen LogP contribution is 2.29. The van der Waals surface area contributed by atoms with Crippen molar-refractivity contribution in [2.24, 2.45) is 0 Å². The quantitative estimate of drug-likeness (QED) is 0.927. The van der Waals surface area contributed by atoms with Crippen LogP contribution in [-0.2, 0) is 6.54 Å². The number of piperidine rings is 1. The molecule has 3 heterocycles. The predicted octanol–water partition coefficient (Wildman–Crippen LogP) is 2.60. The van der Waals surface area contributed by atoms with Crippen molar-refractivity contribution < 1.29 is 0 Å². The summed E-state index contributed by atoms with van der Waals surface area (Å²) in [4.78, 5) is 2.50. The van der Waals surface area contributed by atoms with E-state index >= 15 is 0 Å². The average molecular weight is 299 g/mol. The highest BCUT2D eigenvalue weighted by Gasteiger charge is 2.35. The summed E-state index contributed by atoms with van der Waals surface area (Å²) >= 11 is 0. The molecule has 0 aliphatic carbocycles. The van der Waals surface area contributed by atoms with Gasteiger partial charge in [-0.25, -0.2) is 0 Å². The molecule has 2 aliphatic heterocycles. The van der Waals surface area contributed by atoms with Crippen LogP contribution in [0.2, 0.25) is 0 Å². The Balaban J connectivity index is 0.00000147. The van der Waals surface area contributed by atoms with E-state index in [4.69, 9.17) is 0 Å². The molecular formula is C15H27ClN4. The normalized spacial score (nSPS) is 28.9. The van der Waals surface area contributed by atoms with Gasteiger partial charge in [0.2, 0.25) is 0 Å². The van der Waals surface area contributed by atoms with Crippen LogP contribution in [0.5, 0.6) is 0 Å². The van der Waals surface area contributed by atoms with Gasteiger partial charge in [0.1, 0.15) is 0 Å². The maximum atomic E-state index is 4.66. The summed E-state index contributed by atoms with van der Waals surface area (Å²) in [6.07, 6.45) is 7.45. The van der Waals surface area contributed by atoms with Gasteiger partial charge < -0.3 is 5.32 Å². The lowest BCUT2D eigenvalue weighted by Crippen LogP contribution is -2.46. The van der Waals surface area contributed by atoms with E-state index in [9.17, 15) is 0 Å². The number of nitrogens with zero attached hydrogens (tertiary/aromatic N) is 3. The SMILES string of the molecule is CC(C)n1ccc(CN(C)C2CC3CCC(C2)N3)n1.Cl. The molecule has 0 saturated carbocycles. The highest BCUT2D eigenvalue weighted by molar-refractivity contribution is 5.85. The molecular weight excluding hydrogens is 272 g/mol. The molecule has 0 aromatic carbocycles. The summed E-state index contributed by atoms with van der Waals surface area (Å²) in [5.41, 5.74) is 1.20. The molecule has 2 unspecified atom stereocenters. The van der Waals surface area contributed by atoms with Crippen molar-refractivity contribution in [2.45, 2.75) is 70.2 Å². The van der Waals surface area contributed by atoms with E-state index in [2.05, 4.69) is 53.2 Å². The molecule has 5 heteroatoms. The first-order chi connectivity index (χ1) is 9.11. The number of fused-ring (bicyclic) bond motifs is 2. The Kier molecular flexibility index (Phi) is 5.10. The van der Waals surface area contributed by atoms with Crippen LogP contribution in [0.25, 0.3) is 0 Å². The van der Waals surface area contributed by atoms with E-state index < -0.39 is 0 Å². The lowest BCUT2D eigenvalue weighted by molar-refractivity contribution is 0.164. The summed E-state index contributed by atoms with van der Waals surface area (Å²) in [5, 5.41) is 8.37. The number of rotatable bonds is 4. The molecule has 2 aliphatic rings. The number of hydrogen-bond donors (Lipinski definition) is 1. The molecule has 0 radical (unpaired) electrons. The van der Waals surface area contributed by atoms with Gasteiger partial charge in [0.15, 0.2) is 0 Å². The fraction of sp³-hybridized carbons (Fsp3) is 0.800. The minimum absolute atomic E-state index is 0. The van der Waals surface area contributed by atoms with Crippen molar-refractivity contribution in [3.05, 3.63) is 18.0 Å². The lowest BCUT2D eigenvalue weighted by atomic mass is 9.98. The molecule has 2 atom stereocenters. The lowest BCUT2D eigenvalue weighted by Gasteiger charge is -2.35. The Bertz CT molecular complexity index is 419. The van der Waals surface area contributed by atoms with Crippen molar-refractivity contribution >= 4 is 12.4 Å². The number of nitrogens with one attached hydrogen (secondary N) is 1. The van der Waals surface area contributed by atoms with Gasteiger partial charge >= 0.3 is 0 Å². The Labute approximate surface area is 128 Å². The molecule has 2 fully saturated rings. The first-order valence-electron chi connectivity index (χ1n) is 7.62. The van der Waals surface area contributed by atoms with Crippen LogP contribution in [0.4, 0.5) is 0 Å². The molecule has 20 heavy (non-hydrogen) atoms. The minimum Gasteiger partial charge on any atom is -0.311 e. The van der Waals surface area contributed by atoms with Crippen molar-refractivity contribution in [1.82, 2.24) is 20.0 Å². The van der Waals surface area contributed by atoms with E-state index in [0.29, 0.717) is 6.04 Å². The summed E-state index contributed by atoms with van der Waals surface area (Å²) in [5.74, 6) is 0. The van der Waals surface area contributed by atoms with Crippen LogP contribution in [0.3, 0.4) is 0 Å². The predicted molar refractivity (Wildman–Crippen MR) is 84.3 cm³/mol. The van der Waals surface area contributed by atoms with Crippen LogP contribution >= 0.6 is 12.4 Å². The standard InChI is InChI=1S/C15H26N4.ClH/c1-11(2)19-7-6-14(17-19)10-18(3)15-8-12-4-5-13(9-15)16-12;/h6-7,11-13,15-16H,4-5,8-10H2,1-3H3;1H. The molecule has 114 valence electrons. The molecule has 1 aromatic rings. The van der Waals surface area contributed by atoms with Crippen molar-refractivity contribution in [2.75, 3.05) is 7.05 Å². The van der Waals surface area contributed by atoms with Gasteiger partial charge in [-0.1, -0.05) is 0 Å². The third-order valence-corrected chi connectivity index (χ3v) is 4.68. The van der Waals surface area contributed by atoms with Gasteiger partial charge in [0.05, 0.1) is 5.69 Å². The van der Waals surface area contributed by atoms with Crippen LogP contribution in [0.1, 0.15) is 51.3 Å². The smallest absolute Gasteiger partial charge is 0.0764 e. The molecule has 0 amide bonds. The molecule has 2 bridgehead atoms. The Morgan fingerprint density at radius 1 is 1.35 bits per heavy atom. The molecule has 4 nitrogen and oxygen atoms in total. The minimum atomic E-state index is 0. The number of halogens is 1. The maximum Gasteiger partial charge on any atom is 0.0764 e. The second-order valence-corrected chi connectivity index (χ2v) is 6.56. The zero-order chi connectivity index (χ0) is 13.4. The van der Waals surface area contributed by atoms with Crippen molar-refractivity contribution in [3.8, 4) is 0 Å². The van der Waals surface area contributed by atoms with Gasteiger partial charge in [-0.2, -0.15) is 5.10 Å². The second kappa shape index (κ2) is 6.46. The van der Waals surface area contributed by atoms with Crippen molar-refractivity contribution in [1.29, 1.82) is 0 Å². The van der Waals surface area contributed by atoms with Gasteiger partial charge in [0.25, 0.3) is 0 Å². The largest absolute Gasteiger partial charge is 0.311 e. The molecule has 1 aromatic heterocycles. The maximum absolute atomic E-state index is 4.66. The van der Waals surface area contributed by atoms with E-state index in [1.54, 1.807) is 0 Å². The summed E-state index contributed by atoms with van der Waals surface area (Å²) in [6.45, 7) is 5.32. The summed E-state index contributed by atoms with van der Waals surface area (Å²) in [7, 11) is 2.25. The van der Waals surface area contributed by atoms with Crippen LogP contribution in [-0.4, -0.2) is 39.9 Å². The van der Waals surface area contributed by atoms with Gasteiger partial charge in [-0.05, 0) is 52.6 Å². The Morgan fingerprint density at radius 2 is 2.00 bits per heavy atom. The molecule has 0 spiro atoms. The molecule has 3 rings (SSSR count). The van der Waals surface area contributed by atoms with Gasteiger partial charge in [0, 0.05) is 36.9 Å². The topological polar surface area (TPSA) is 33.1 Å². The fourth-order valence-electron chi connectivity index (χ4n) is 3.52. The van der Waals surface area contributed by atoms with E-state index in [1.165, 1.54) is 31.4 Å². The van der Waals surface area contributed by atoms with Gasteiger partial charge in [-0.3, -0.25) is 9.58 Å². The molecule has 1 N–H and O–H groups in total. The monoisotopic (exact) mass is 298 g/mol. The van der Waals surface area contributed by atoms with Crippen LogP contribution in [0, 0.1) is 0 Å². The highest BCUT2D eigenvalue weighted by atomic mass is 35.5. The third-order valence-electron chi connectivity index (χ3n) is 4.68. The Morgan fingerprint density at radius 3 is 2.55 bits per heavy atom. The van der Waals surface area contributed by atoms with Gasteiger partial charge in [-0.15, -0.1) is 12.4 Å². The Hall–Kier alpha value is -0.580. The van der Waals surface area contributed by atoms with Crippen molar-refractivity contribution in [3.63, 3.8) is 0 Å². The van der Waals surface area contributed by atoms with Crippen LogP contribution in [0.15, 0.2) is 12.3 Å². The molecule has 2 saturated heterocycles. The number of hydrogen-bond acceptors (Lipinski definition) is 3. The van der Waals surface area contributed by atoms with E-state index in [1.807, 2.05) is 0 Å². The number of aromatic nitrogens is 2. The zero-order valence-electron chi connectivity index (χ0n) is 12.7. The summed E-state index contributed by atoms with van der Waals surface area (Å²) in [6, 6.07) is 4.86. The summed E-state index contributed by atoms with van der Waals surface area (Å²) < 4.78 is 2.05. The first-order valence-corrected chi connectivity index (χ1v) is 7.62.